The molecule has 3 rings (SSSR count). The molecular formula is C17H15ClN2O4S. The van der Waals surface area contributed by atoms with Crippen molar-refractivity contribution in [3.8, 4) is 5.75 Å². The van der Waals surface area contributed by atoms with Gasteiger partial charge in [0, 0.05) is 18.1 Å². The smallest absolute Gasteiger partial charge is 0.344 e. The highest BCUT2D eigenvalue weighted by Crippen LogP contribution is 2.42. The summed E-state index contributed by atoms with van der Waals surface area (Å²) < 4.78 is 6.93. The quantitative estimate of drug-likeness (QED) is 0.804. The SMILES string of the molecule is C[C@@H](Oc1ccc2c(c1)N(C)C(=O)N(c1cccc(Cl)c1)S2)C(=O)O. The number of rotatable bonds is 4. The largest absolute Gasteiger partial charge is 0.479 e. The van der Waals surface area contributed by atoms with E-state index in [1.807, 2.05) is 6.07 Å². The van der Waals surface area contributed by atoms with E-state index in [-0.39, 0.29) is 6.03 Å². The van der Waals surface area contributed by atoms with Crippen molar-refractivity contribution in [2.75, 3.05) is 16.3 Å². The molecule has 1 atom stereocenters. The molecule has 1 aliphatic heterocycles. The molecule has 8 heteroatoms. The van der Waals surface area contributed by atoms with E-state index in [1.54, 1.807) is 47.8 Å². The summed E-state index contributed by atoms with van der Waals surface area (Å²) in [4.78, 5) is 26.0. The number of urea groups is 1. The highest BCUT2D eigenvalue weighted by Gasteiger charge is 2.30. The number of benzene rings is 2. The standard InChI is InChI=1S/C17H15ClN2O4S/c1-10(16(21)22)24-13-6-7-15-14(9-13)19(2)17(23)20(25-15)12-5-3-4-11(18)8-12/h3-10H,1-2H3,(H,21,22)/t10-/m1/s1. The zero-order valence-electron chi connectivity index (χ0n) is 13.5. The molecule has 0 radical (unpaired) electrons. The number of ether oxygens (including phenoxy) is 1. The van der Waals surface area contributed by atoms with Crippen LogP contribution in [0, 0.1) is 0 Å². The summed E-state index contributed by atoms with van der Waals surface area (Å²) in [5.41, 5.74) is 1.34. The Labute approximate surface area is 154 Å². The van der Waals surface area contributed by atoms with Gasteiger partial charge in [0.05, 0.1) is 16.3 Å². The Morgan fingerprint density at radius 1 is 1.28 bits per heavy atom. The average Bonchev–Trinajstić information content (AvgIpc) is 2.58. The predicted octanol–water partition coefficient (Wildman–Crippen LogP) is 4.28. The average molecular weight is 379 g/mol. The molecule has 1 N–H and O–H groups in total. The lowest BCUT2D eigenvalue weighted by atomic mass is 10.2. The maximum Gasteiger partial charge on any atom is 0.344 e. The van der Waals surface area contributed by atoms with Crippen molar-refractivity contribution in [1.82, 2.24) is 0 Å². The van der Waals surface area contributed by atoms with Gasteiger partial charge in [-0.15, -0.1) is 0 Å². The topological polar surface area (TPSA) is 70.1 Å². The lowest BCUT2D eigenvalue weighted by Gasteiger charge is -2.34. The fraction of sp³-hybridized carbons (Fsp3) is 0.176. The van der Waals surface area contributed by atoms with Gasteiger partial charge in [-0.3, -0.25) is 4.90 Å². The van der Waals surface area contributed by atoms with Crippen LogP contribution in [0.25, 0.3) is 0 Å². The van der Waals surface area contributed by atoms with Gasteiger partial charge in [0.1, 0.15) is 5.75 Å². The van der Waals surface area contributed by atoms with Crippen molar-refractivity contribution in [2.45, 2.75) is 17.9 Å². The zero-order chi connectivity index (χ0) is 18.1. The first-order valence-corrected chi connectivity index (χ1v) is 8.57. The number of carboxylic acid groups (broad SMARTS) is 1. The molecule has 0 fully saturated rings. The van der Waals surface area contributed by atoms with E-state index in [9.17, 15) is 9.59 Å². The molecule has 0 saturated carbocycles. The van der Waals surface area contributed by atoms with Crippen molar-refractivity contribution < 1.29 is 19.4 Å². The number of anilines is 2. The Hall–Kier alpha value is -2.38. The number of halogens is 1. The minimum absolute atomic E-state index is 0.233. The molecule has 2 aromatic carbocycles. The van der Waals surface area contributed by atoms with Crippen molar-refractivity contribution in [1.29, 1.82) is 0 Å². The number of aliphatic carboxylic acids is 1. The van der Waals surface area contributed by atoms with Crippen LogP contribution in [0.2, 0.25) is 5.02 Å². The van der Waals surface area contributed by atoms with Crippen molar-refractivity contribution in [2.24, 2.45) is 0 Å². The molecule has 0 bridgehead atoms. The number of fused-ring (bicyclic) bond motifs is 1. The first-order valence-electron chi connectivity index (χ1n) is 7.41. The van der Waals surface area contributed by atoms with E-state index in [0.29, 0.717) is 22.1 Å². The lowest BCUT2D eigenvalue weighted by Crippen LogP contribution is -2.40. The van der Waals surface area contributed by atoms with Crippen LogP contribution in [0.1, 0.15) is 6.92 Å². The Bertz CT molecular complexity index is 845. The summed E-state index contributed by atoms with van der Waals surface area (Å²) in [6.07, 6.45) is -0.974. The van der Waals surface area contributed by atoms with Crippen molar-refractivity contribution in [3.05, 3.63) is 47.5 Å². The van der Waals surface area contributed by atoms with Gasteiger partial charge in [0.15, 0.2) is 6.10 Å². The number of hydrogen-bond acceptors (Lipinski definition) is 4. The van der Waals surface area contributed by atoms with Crippen LogP contribution in [0.5, 0.6) is 5.75 Å². The molecule has 0 aromatic heterocycles. The second kappa shape index (κ2) is 6.85. The maximum absolute atomic E-state index is 12.7. The summed E-state index contributed by atoms with van der Waals surface area (Å²) in [5, 5.41) is 9.49. The second-order valence-electron chi connectivity index (χ2n) is 5.43. The molecule has 0 aliphatic carbocycles. The lowest BCUT2D eigenvalue weighted by molar-refractivity contribution is -0.144. The minimum atomic E-state index is -1.05. The van der Waals surface area contributed by atoms with E-state index in [2.05, 4.69) is 0 Å². The Kier molecular flexibility index (Phi) is 4.78. The fourth-order valence-corrected chi connectivity index (χ4v) is 3.53. The summed E-state index contributed by atoms with van der Waals surface area (Å²) in [6.45, 7) is 1.45. The fourth-order valence-electron chi connectivity index (χ4n) is 2.31. The molecule has 2 amide bonds. The van der Waals surface area contributed by atoms with Gasteiger partial charge >= 0.3 is 12.0 Å². The van der Waals surface area contributed by atoms with Crippen molar-refractivity contribution in [3.63, 3.8) is 0 Å². The van der Waals surface area contributed by atoms with E-state index in [4.69, 9.17) is 21.4 Å². The number of nitrogens with zero attached hydrogens (tertiary/aromatic N) is 2. The molecule has 0 saturated heterocycles. The van der Waals surface area contributed by atoms with E-state index in [0.717, 1.165) is 4.90 Å². The van der Waals surface area contributed by atoms with E-state index >= 15 is 0 Å². The monoisotopic (exact) mass is 378 g/mol. The number of amides is 2. The molecular weight excluding hydrogens is 364 g/mol. The van der Waals surface area contributed by atoms with E-state index in [1.165, 1.54) is 23.8 Å². The van der Waals surface area contributed by atoms with Crippen LogP contribution >= 0.6 is 23.5 Å². The minimum Gasteiger partial charge on any atom is -0.479 e. The molecule has 1 heterocycles. The van der Waals surface area contributed by atoms with Gasteiger partial charge in [-0.25, -0.2) is 13.9 Å². The third-order valence-electron chi connectivity index (χ3n) is 3.65. The zero-order valence-corrected chi connectivity index (χ0v) is 15.0. The Balaban J connectivity index is 1.91. The van der Waals surface area contributed by atoms with Gasteiger partial charge in [0.2, 0.25) is 0 Å². The number of hydrogen-bond donors (Lipinski definition) is 1. The van der Waals surface area contributed by atoms with Gasteiger partial charge in [0.25, 0.3) is 0 Å². The molecule has 6 nitrogen and oxygen atoms in total. The summed E-state index contributed by atoms with van der Waals surface area (Å²) in [6, 6.07) is 12.0. The van der Waals surface area contributed by atoms with Crippen molar-refractivity contribution >= 4 is 46.9 Å². The normalized spacial score (nSPS) is 14.9. The number of carbonyl (C=O) groups excluding carboxylic acids is 1. The maximum atomic E-state index is 12.7. The Morgan fingerprint density at radius 3 is 2.72 bits per heavy atom. The van der Waals surface area contributed by atoms with Crippen LogP contribution in [-0.2, 0) is 4.79 Å². The van der Waals surface area contributed by atoms with E-state index < -0.39 is 12.1 Å². The van der Waals surface area contributed by atoms with Gasteiger partial charge in [-0.05, 0) is 49.2 Å². The first-order chi connectivity index (χ1) is 11.9. The van der Waals surface area contributed by atoms with Gasteiger partial charge < -0.3 is 9.84 Å². The van der Waals surface area contributed by atoms with Crippen LogP contribution in [0.3, 0.4) is 0 Å². The van der Waals surface area contributed by atoms with Crippen LogP contribution in [-0.4, -0.2) is 30.3 Å². The molecule has 25 heavy (non-hydrogen) atoms. The predicted molar refractivity (Wildman–Crippen MR) is 97.8 cm³/mol. The molecule has 1 aliphatic rings. The third kappa shape index (κ3) is 3.52. The van der Waals surface area contributed by atoms with Crippen LogP contribution < -0.4 is 13.9 Å². The number of carbonyl (C=O) groups is 2. The highest BCUT2D eigenvalue weighted by molar-refractivity contribution is 8.01. The highest BCUT2D eigenvalue weighted by atomic mass is 35.5. The molecule has 0 unspecified atom stereocenters. The number of carboxylic acids is 1. The molecule has 0 spiro atoms. The van der Waals surface area contributed by atoms with Crippen LogP contribution in [0.4, 0.5) is 16.2 Å². The third-order valence-corrected chi connectivity index (χ3v) is 4.97. The van der Waals surface area contributed by atoms with Gasteiger partial charge in [-0.2, -0.15) is 0 Å². The van der Waals surface area contributed by atoms with Gasteiger partial charge in [-0.1, -0.05) is 17.7 Å². The Morgan fingerprint density at radius 2 is 2.04 bits per heavy atom. The summed E-state index contributed by atoms with van der Waals surface area (Å²) >= 11 is 7.29. The molecule has 2 aromatic rings. The van der Waals surface area contributed by atoms with Crippen LogP contribution in [0.15, 0.2) is 47.4 Å². The first kappa shape index (κ1) is 17.4. The summed E-state index contributed by atoms with van der Waals surface area (Å²) in [5.74, 6) is -0.659. The second-order valence-corrected chi connectivity index (χ2v) is 6.86. The summed E-state index contributed by atoms with van der Waals surface area (Å²) in [7, 11) is 1.66. The molecule has 130 valence electrons.